The van der Waals surface area contributed by atoms with Gasteiger partial charge in [0.05, 0.1) is 11.3 Å². The number of nitrogens with one attached hydrogen (secondary N) is 1. The predicted octanol–water partition coefficient (Wildman–Crippen LogP) is 1.61. The molecule has 0 spiro atoms. The molecule has 6 heteroatoms. The van der Waals surface area contributed by atoms with Crippen molar-refractivity contribution in [2.24, 2.45) is 0 Å². The summed E-state index contributed by atoms with van der Waals surface area (Å²) in [6, 6.07) is 4.64. The van der Waals surface area contributed by atoms with Crippen LogP contribution in [0.2, 0.25) is 0 Å². The lowest BCUT2D eigenvalue weighted by Gasteiger charge is -2.36. The van der Waals surface area contributed by atoms with Gasteiger partial charge in [-0.05, 0) is 44.0 Å². The number of carbonyl (C=O) groups is 1. The molecule has 1 aromatic rings. The van der Waals surface area contributed by atoms with Crippen LogP contribution >= 0.6 is 0 Å². The van der Waals surface area contributed by atoms with Crippen LogP contribution in [-0.2, 0) is 0 Å². The number of likely N-dealkylation sites (N-methyl/N-ethyl adjacent to an activating group) is 1. The van der Waals surface area contributed by atoms with E-state index in [1.807, 2.05) is 4.90 Å². The fraction of sp³-hybridized carbons (Fsp3) is 0.611. The fourth-order valence-corrected chi connectivity index (χ4v) is 3.32. The van der Waals surface area contributed by atoms with Gasteiger partial charge in [-0.15, -0.1) is 0 Å². The van der Waals surface area contributed by atoms with Gasteiger partial charge in [0.1, 0.15) is 5.82 Å². The molecule has 0 unspecified atom stereocenters. The predicted molar refractivity (Wildman–Crippen MR) is 91.9 cm³/mol. The Bertz CT molecular complexity index is 596. The number of piperazine rings is 1. The first-order chi connectivity index (χ1) is 11.5. The van der Waals surface area contributed by atoms with Crippen LogP contribution in [-0.4, -0.2) is 60.8 Å². The molecule has 1 aromatic carbocycles. The van der Waals surface area contributed by atoms with Crippen molar-refractivity contribution < 1.29 is 14.3 Å². The van der Waals surface area contributed by atoms with Crippen LogP contribution in [0.1, 0.15) is 36.5 Å². The Balaban J connectivity index is 1.60. The summed E-state index contributed by atoms with van der Waals surface area (Å²) in [5, 5.41) is 12.7. The van der Waals surface area contributed by atoms with E-state index in [1.165, 1.54) is 6.07 Å². The smallest absolute Gasteiger partial charge is 0.251 e. The molecule has 0 bridgehead atoms. The van der Waals surface area contributed by atoms with Crippen molar-refractivity contribution in [2.75, 3.05) is 44.2 Å². The number of hydrogen-bond acceptors (Lipinski definition) is 4. The van der Waals surface area contributed by atoms with E-state index < -0.39 is 5.60 Å². The van der Waals surface area contributed by atoms with E-state index in [0.29, 0.717) is 24.1 Å². The molecular formula is C18H26FN3O2. The van der Waals surface area contributed by atoms with Crippen molar-refractivity contribution in [3.8, 4) is 0 Å². The standard InChI is InChI=1S/C18H26FN3O2/c1-2-21-8-10-22(11-9-21)16-5-4-14(12-15(16)19)17(23)20-13-18(24)6-3-7-18/h4-5,12,24H,2-3,6-11,13H2,1H3,(H,20,23). The lowest BCUT2D eigenvalue weighted by Crippen LogP contribution is -2.47. The first-order valence-electron chi connectivity index (χ1n) is 8.78. The highest BCUT2D eigenvalue weighted by Crippen LogP contribution is 2.30. The summed E-state index contributed by atoms with van der Waals surface area (Å²) < 4.78 is 14.4. The largest absolute Gasteiger partial charge is 0.388 e. The van der Waals surface area contributed by atoms with Gasteiger partial charge in [-0.2, -0.15) is 0 Å². The van der Waals surface area contributed by atoms with Crippen LogP contribution in [0.5, 0.6) is 0 Å². The molecular weight excluding hydrogens is 309 g/mol. The van der Waals surface area contributed by atoms with Gasteiger partial charge >= 0.3 is 0 Å². The summed E-state index contributed by atoms with van der Waals surface area (Å²) in [5.74, 6) is -0.702. The molecule has 1 heterocycles. The molecule has 1 amide bonds. The molecule has 0 atom stereocenters. The van der Waals surface area contributed by atoms with Crippen molar-refractivity contribution in [3.05, 3.63) is 29.6 Å². The topological polar surface area (TPSA) is 55.8 Å². The highest BCUT2D eigenvalue weighted by molar-refractivity contribution is 5.94. The van der Waals surface area contributed by atoms with Gasteiger partial charge in [0, 0.05) is 38.3 Å². The van der Waals surface area contributed by atoms with Gasteiger partial charge < -0.3 is 20.2 Å². The number of halogens is 1. The molecule has 1 aliphatic carbocycles. The third-order valence-electron chi connectivity index (χ3n) is 5.23. The van der Waals surface area contributed by atoms with Gasteiger partial charge in [0.25, 0.3) is 5.91 Å². The molecule has 132 valence electrons. The van der Waals surface area contributed by atoms with Gasteiger partial charge in [-0.3, -0.25) is 4.79 Å². The van der Waals surface area contributed by atoms with Crippen molar-refractivity contribution in [1.82, 2.24) is 10.2 Å². The molecule has 3 rings (SSSR count). The Kier molecular flexibility index (Phi) is 5.06. The van der Waals surface area contributed by atoms with E-state index in [-0.39, 0.29) is 18.3 Å². The average molecular weight is 335 g/mol. The van der Waals surface area contributed by atoms with Crippen LogP contribution in [0.15, 0.2) is 18.2 Å². The fourth-order valence-electron chi connectivity index (χ4n) is 3.32. The van der Waals surface area contributed by atoms with Crippen LogP contribution in [0.25, 0.3) is 0 Å². The number of benzene rings is 1. The van der Waals surface area contributed by atoms with E-state index in [4.69, 9.17) is 0 Å². The van der Waals surface area contributed by atoms with Crippen molar-refractivity contribution in [1.29, 1.82) is 0 Å². The summed E-state index contributed by atoms with van der Waals surface area (Å²) >= 11 is 0. The summed E-state index contributed by atoms with van der Waals surface area (Å²) in [4.78, 5) is 16.5. The normalized spacial score (nSPS) is 20.5. The number of aliphatic hydroxyl groups is 1. The molecule has 1 saturated carbocycles. The van der Waals surface area contributed by atoms with Crippen LogP contribution in [0, 0.1) is 5.82 Å². The Morgan fingerprint density at radius 3 is 2.54 bits per heavy atom. The molecule has 0 radical (unpaired) electrons. The van der Waals surface area contributed by atoms with Gasteiger partial charge in [-0.1, -0.05) is 6.92 Å². The molecule has 1 aliphatic heterocycles. The Hall–Kier alpha value is -1.66. The van der Waals surface area contributed by atoms with E-state index >= 15 is 0 Å². The summed E-state index contributed by atoms with van der Waals surface area (Å²) in [6.45, 7) is 6.82. The SMILES string of the molecule is CCN1CCN(c2ccc(C(=O)NCC3(O)CCC3)cc2F)CC1. The average Bonchev–Trinajstić information content (AvgIpc) is 2.58. The third kappa shape index (κ3) is 3.70. The summed E-state index contributed by atoms with van der Waals surface area (Å²) in [7, 11) is 0. The maximum atomic E-state index is 14.4. The minimum atomic E-state index is -0.771. The number of hydrogen-bond donors (Lipinski definition) is 2. The van der Waals surface area contributed by atoms with E-state index in [2.05, 4.69) is 17.1 Å². The van der Waals surface area contributed by atoms with E-state index in [9.17, 15) is 14.3 Å². The molecule has 5 nitrogen and oxygen atoms in total. The van der Waals surface area contributed by atoms with Crippen molar-refractivity contribution >= 4 is 11.6 Å². The van der Waals surface area contributed by atoms with Crippen molar-refractivity contribution in [3.63, 3.8) is 0 Å². The quantitative estimate of drug-likeness (QED) is 0.858. The first kappa shape index (κ1) is 17.2. The Labute approximate surface area is 142 Å². The van der Waals surface area contributed by atoms with Crippen LogP contribution < -0.4 is 10.2 Å². The second-order valence-electron chi connectivity index (χ2n) is 6.85. The molecule has 1 saturated heterocycles. The number of nitrogens with zero attached hydrogens (tertiary/aromatic N) is 2. The zero-order chi connectivity index (χ0) is 17.2. The summed E-state index contributed by atoms with van der Waals surface area (Å²) in [5.41, 5.74) is 0.0823. The van der Waals surface area contributed by atoms with Crippen molar-refractivity contribution in [2.45, 2.75) is 31.8 Å². The highest BCUT2D eigenvalue weighted by Gasteiger charge is 2.34. The Morgan fingerprint density at radius 2 is 2.00 bits per heavy atom. The highest BCUT2D eigenvalue weighted by atomic mass is 19.1. The molecule has 2 aliphatic rings. The zero-order valence-corrected chi connectivity index (χ0v) is 14.2. The van der Waals surface area contributed by atoms with Gasteiger partial charge in [-0.25, -0.2) is 4.39 Å². The third-order valence-corrected chi connectivity index (χ3v) is 5.23. The molecule has 24 heavy (non-hydrogen) atoms. The molecule has 0 aromatic heterocycles. The number of amides is 1. The van der Waals surface area contributed by atoms with E-state index in [0.717, 1.165) is 39.1 Å². The minimum absolute atomic E-state index is 0.230. The lowest BCUT2D eigenvalue weighted by molar-refractivity contribution is -0.0300. The number of carbonyl (C=O) groups excluding carboxylic acids is 1. The maximum absolute atomic E-state index is 14.4. The van der Waals surface area contributed by atoms with Gasteiger partial charge in [0.2, 0.25) is 0 Å². The second-order valence-corrected chi connectivity index (χ2v) is 6.85. The first-order valence-corrected chi connectivity index (χ1v) is 8.78. The Morgan fingerprint density at radius 1 is 1.29 bits per heavy atom. The van der Waals surface area contributed by atoms with E-state index in [1.54, 1.807) is 12.1 Å². The molecule has 2 N–H and O–H groups in total. The molecule has 2 fully saturated rings. The monoisotopic (exact) mass is 335 g/mol. The van der Waals surface area contributed by atoms with Crippen LogP contribution in [0.3, 0.4) is 0 Å². The minimum Gasteiger partial charge on any atom is -0.388 e. The summed E-state index contributed by atoms with van der Waals surface area (Å²) in [6.07, 6.45) is 2.41. The zero-order valence-electron chi connectivity index (χ0n) is 14.2. The van der Waals surface area contributed by atoms with Gasteiger partial charge in [0.15, 0.2) is 0 Å². The number of anilines is 1. The van der Waals surface area contributed by atoms with Crippen LogP contribution in [0.4, 0.5) is 10.1 Å². The lowest BCUT2D eigenvalue weighted by atomic mass is 9.80. The second kappa shape index (κ2) is 7.07. The maximum Gasteiger partial charge on any atom is 0.251 e. The number of rotatable bonds is 5.